The summed E-state index contributed by atoms with van der Waals surface area (Å²) in [6, 6.07) is 6.65. The van der Waals surface area contributed by atoms with Crippen LogP contribution in [0.3, 0.4) is 0 Å². The van der Waals surface area contributed by atoms with E-state index in [-0.39, 0.29) is 0 Å². The number of hydrogen-bond acceptors (Lipinski definition) is 3. The van der Waals surface area contributed by atoms with Crippen molar-refractivity contribution in [1.29, 1.82) is 0 Å². The smallest absolute Gasteiger partial charge is 0.0638 e. The van der Waals surface area contributed by atoms with Crippen molar-refractivity contribution in [1.82, 2.24) is 9.80 Å². The number of nitrogens with zero attached hydrogens (tertiary/aromatic N) is 2. The fourth-order valence-electron chi connectivity index (χ4n) is 2.55. The lowest BCUT2D eigenvalue weighted by molar-refractivity contribution is 0.0964. The van der Waals surface area contributed by atoms with Crippen molar-refractivity contribution < 1.29 is 0 Å². The van der Waals surface area contributed by atoms with Gasteiger partial charge in [-0.1, -0.05) is 24.6 Å². The SMILES string of the molecule is CCC(C)N1CCN(Cc2ccc(N)c(Cl)c2)CC1. The molecule has 0 saturated carbocycles. The second-order valence-corrected chi connectivity index (χ2v) is 5.83. The summed E-state index contributed by atoms with van der Waals surface area (Å²) in [5.74, 6) is 0. The quantitative estimate of drug-likeness (QED) is 0.862. The molecule has 0 aliphatic carbocycles. The van der Waals surface area contributed by atoms with Gasteiger partial charge in [0.1, 0.15) is 0 Å². The van der Waals surface area contributed by atoms with Crippen LogP contribution in [0, 0.1) is 0 Å². The van der Waals surface area contributed by atoms with Gasteiger partial charge in [0, 0.05) is 38.8 Å². The lowest BCUT2D eigenvalue weighted by Gasteiger charge is -2.37. The zero-order chi connectivity index (χ0) is 13.8. The van der Waals surface area contributed by atoms with Gasteiger partial charge in [0.2, 0.25) is 0 Å². The van der Waals surface area contributed by atoms with Gasteiger partial charge in [0.15, 0.2) is 0 Å². The third-order valence-electron chi connectivity index (χ3n) is 4.09. The summed E-state index contributed by atoms with van der Waals surface area (Å²) >= 11 is 6.06. The lowest BCUT2D eigenvalue weighted by atomic mass is 10.1. The Kier molecular flexibility index (Phi) is 5.08. The van der Waals surface area contributed by atoms with E-state index in [1.165, 1.54) is 12.0 Å². The molecule has 0 radical (unpaired) electrons. The molecule has 0 spiro atoms. The lowest BCUT2D eigenvalue weighted by Crippen LogP contribution is -2.48. The Balaban J connectivity index is 1.87. The van der Waals surface area contributed by atoms with Crippen molar-refractivity contribution in [2.45, 2.75) is 32.9 Å². The fraction of sp³-hybridized carbons (Fsp3) is 0.600. The molecule has 2 N–H and O–H groups in total. The topological polar surface area (TPSA) is 32.5 Å². The molecule has 1 aliphatic rings. The van der Waals surface area contributed by atoms with Crippen molar-refractivity contribution in [3.8, 4) is 0 Å². The Morgan fingerprint density at radius 1 is 1.26 bits per heavy atom. The van der Waals surface area contributed by atoms with Gasteiger partial charge in [-0.05, 0) is 31.0 Å². The van der Waals surface area contributed by atoms with Crippen LogP contribution >= 0.6 is 11.6 Å². The highest BCUT2D eigenvalue weighted by Crippen LogP contribution is 2.21. The zero-order valence-corrected chi connectivity index (χ0v) is 12.7. The summed E-state index contributed by atoms with van der Waals surface area (Å²) < 4.78 is 0. The first-order chi connectivity index (χ1) is 9.10. The number of hydrogen-bond donors (Lipinski definition) is 1. The monoisotopic (exact) mass is 281 g/mol. The van der Waals surface area contributed by atoms with Gasteiger partial charge in [-0.25, -0.2) is 0 Å². The minimum atomic E-state index is 0.659. The Morgan fingerprint density at radius 2 is 1.95 bits per heavy atom. The Labute approximate surface area is 121 Å². The molecule has 106 valence electrons. The van der Waals surface area contributed by atoms with E-state index in [2.05, 4.69) is 29.7 Å². The van der Waals surface area contributed by atoms with E-state index in [9.17, 15) is 0 Å². The van der Waals surface area contributed by atoms with Crippen molar-refractivity contribution in [2.24, 2.45) is 0 Å². The van der Waals surface area contributed by atoms with Crippen LogP contribution < -0.4 is 5.73 Å². The van der Waals surface area contributed by atoms with Gasteiger partial charge in [-0.2, -0.15) is 0 Å². The van der Waals surface area contributed by atoms with Gasteiger partial charge in [-0.15, -0.1) is 0 Å². The van der Waals surface area contributed by atoms with E-state index >= 15 is 0 Å². The Hall–Kier alpha value is -0.770. The summed E-state index contributed by atoms with van der Waals surface area (Å²) in [5, 5.41) is 0.663. The van der Waals surface area contributed by atoms with Crippen molar-refractivity contribution >= 4 is 17.3 Å². The minimum Gasteiger partial charge on any atom is -0.398 e. The molecule has 2 rings (SSSR count). The summed E-state index contributed by atoms with van der Waals surface area (Å²) in [6.45, 7) is 10.1. The predicted octanol–water partition coefficient (Wildman–Crippen LogP) is 2.84. The number of rotatable bonds is 4. The first-order valence-electron chi connectivity index (χ1n) is 7.10. The van der Waals surface area contributed by atoms with E-state index in [1.807, 2.05) is 12.1 Å². The van der Waals surface area contributed by atoms with Crippen LogP contribution in [0.4, 0.5) is 5.69 Å². The average Bonchev–Trinajstić information content (AvgIpc) is 2.43. The number of nitrogen functional groups attached to an aromatic ring is 1. The van der Waals surface area contributed by atoms with Crippen molar-refractivity contribution in [3.05, 3.63) is 28.8 Å². The van der Waals surface area contributed by atoms with Crippen molar-refractivity contribution in [2.75, 3.05) is 31.9 Å². The van der Waals surface area contributed by atoms with Gasteiger partial charge in [0.25, 0.3) is 0 Å². The minimum absolute atomic E-state index is 0.659. The molecule has 1 unspecified atom stereocenters. The first kappa shape index (κ1) is 14.6. The normalized spacial score (nSPS) is 19.5. The van der Waals surface area contributed by atoms with Gasteiger partial charge in [0.05, 0.1) is 10.7 Å². The molecule has 0 amide bonds. The highest BCUT2D eigenvalue weighted by Gasteiger charge is 2.20. The molecule has 1 saturated heterocycles. The van der Waals surface area contributed by atoms with Crippen LogP contribution in [-0.4, -0.2) is 42.0 Å². The summed E-state index contributed by atoms with van der Waals surface area (Å²) in [4.78, 5) is 5.06. The molecule has 3 nitrogen and oxygen atoms in total. The maximum absolute atomic E-state index is 6.06. The molecule has 4 heteroatoms. The molecule has 1 atom stereocenters. The van der Waals surface area contributed by atoms with Crippen LogP contribution in [0.5, 0.6) is 0 Å². The summed E-state index contributed by atoms with van der Waals surface area (Å²) in [6.07, 6.45) is 1.23. The first-order valence-corrected chi connectivity index (χ1v) is 7.48. The molecule has 1 aromatic rings. The van der Waals surface area contributed by atoms with E-state index in [0.29, 0.717) is 16.8 Å². The Morgan fingerprint density at radius 3 is 2.53 bits per heavy atom. The predicted molar refractivity (Wildman–Crippen MR) is 82.5 cm³/mol. The maximum Gasteiger partial charge on any atom is 0.0638 e. The van der Waals surface area contributed by atoms with Crippen LogP contribution in [0.25, 0.3) is 0 Å². The molecular formula is C15H24ClN3. The van der Waals surface area contributed by atoms with E-state index in [1.54, 1.807) is 0 Å². The summed E-state index contributed by atoms with van der Waals surface area (Å²) in [5.41, 5.74) is 7.64. The molecule has 0 bridgehead atoms. The molecule has 1 aliphatic heterocycles. The zero-order valence-electron chi connectivity index (χ0n) is 11.9. The second kappa shape index (κ2) is 6.60. The van der Waals surface area contributed by atoms with Crippen LogP contribution in [0.2, 0.25) is 5.02 Å². The van der Waals surface area contributed by atoms with E-state index in [4.69, 9.17) is 17.3 Å². The molecular weight excluding hydrogens is 258 g/mol. The highest BCUT2D eigenvalue weighted by molar-refractivity contribution is 6.33. The van der Waals surface area contributed by atoms with Gasteiger partial charge >= 0.3 is 0 Å². The van der Waals surface area contributed by atoms with E-state index in [0.717, 1.165) is 32.7 Å². The number of piperazine rings is 1. The number of halogens is 1. The molecule has 19 heavy (non-hydrogen) atoms. The fourth-order valence-corrected chi connectivity index (χ4v) is 2.75. The maximum atomic E-state index is 6.06. The molecule has 1 aromatic carbocycles. The second-order valence-electron chi connectivity index (χ2n) is 5.43. The average molecular weight is 282 g/mol. The number of anilines is 1. The molecule has 1 heterocycles. The highest BCUT2D eigenvalue weighted by atomic mass is 35.5. The van der Waals surface area contributed by atoms with Crippen molar-refractivity contribution in [3.63, 3.8) is 0 Å². The van der Waals surface area contributed by atoms with Crippen LogP contribution in [0.1, 0.15) is 25.8 Å². The summed E-state index contributed by atoms with van der Waals surface area (Å²) in [7, 11) is 0. The molecule has 0 aromatic heterocycles. The third kappa shape index (κ3) is 3.85. The standard InChI is InChI=1S/C15H24ClN3/c1-3-12(2)19-8-6-18(7-9-19)11-13-4-5-15(17)14(16)10-13/h4-5,10,12H,3,6-9,11,17H2,1-2H3. The largest absolute Gasteiger partial charge is 0.398 e. The molecule has 1 fully saturated rings. The Bertz CT molecular complexity index is 414. The number of nitrogens with two attached hydrogens (primary N) is 1. The van der Waals surface area contributed by atoms with E-state index < -0.39 is 0 Å². The van der Waals surface area contributed by atoms with Gasteiger partial charge < -0.3 is 5.73 Å². The van der Waals surface area contributed by atoms with Crippen LogP contribution in [-0.2, 0) is 6.54 Å². The third-order valence-corrected chi connectivity index (χ3v) is 4.42. The van der Waals surface area contributed by atoms with Gasteiger partial charge in [-0.3, -0.25) is 9.80 Å². The van der Waals surface area contributed by atoms with Crippen LogP contribution in [0.15, 0.2) is 18.2 Å². The number of benzene rings is 1.